The van der Waals surface area contributed by atoms with Crippen LogP contribution in [-0.2, 0) is 15.4 Å². The zero-order chi connectivity index (χ0) is 29.5. The second-order valence-electron chi connectivity index (χ2n) is 11.3. The summed E-state index contributed by atoms with van der Waals surface area (Å²) in [4.78, 5) is 28.5. The molecule has 9 nitrogen and oxygen atoms in total. The molecular weight excluding hydrogens is 574 g/mol. The Balaban J connectivity index is 0.00000405. The first-order chi connectivity index (χ1) is 19.3. The highest BCUT2D eigenvalue weighted by molar-refractivity contribution is 7.92. The van der Waals surface area contributed by atoms with Crippen LogP contribution in [0.1, 0.15) is 59.6 Å². The van der Waals surface area contributed by atoms with Crippen LogP contribution in [-0.4, -0.2) is 47.8 Å². The highest BCUT2D eigenvalue weighted by Gasteiger charge is 2.27. The Morgan fingerprint density at radius 1 is 0.976 bits per heavy atom. The summed E-state index contributed by atoms with van der Waals surface area (Å²) >= 11 is 0. The average Bonchev–Trinajstić information content (AvgIpc) is 2.91. The number of hydrogen-bond donors (Lipinski definition) is 1. The monoisotopic (exact) mass is 607 g/mol. The molecule has 1 N–H and O–H groups in total. The third kappa shape index (κ3) is 6.39. The number of nitrogens with one attached hydrogen (secondary N) is 1. The number of likely N-dealkylation sites (N-methyl/N-ethyl adjacent to an activating group) is 1. The molecule has 0 aliphatic carbocycles. The molecule has 0 saturated carbocycles. The molecule has 1 unspecified atom stereocenters. The maximum Gasteiger partial charge on any atom is 0.264 e. The Morgan fingerprint density at radius 2 is 1.67 bits per heavy atom. The van der Waals surface area contributed by atoms with Crippen LogP contribution in [0.4, 0.5) is 5.95 Å². The van der Waals surface area contributed by atoms with Gasteiger partial charge in [-0.2, -0.15) is 4.98 Å². The Morgan fingerprint density at radius 3 is 2.31 bits per heavy atom. The van der Waals surface area contributed by atoms with Gasteiger partial charge in [-0.3, -0.25) is 9.78 Å². The lowest BCUT2D eigenvalue weighted by molar-refractivity contribution is 0.0702. The molecule has 1 aliphatic heterocycles. The maximum atomic E-state index is 13.4. The topological polar surface area (TPSA) is 114 Å². The van der Waals surface area contributed by atoms with Crippen molar-refractivity contribution in [2.24, 2.45) is 0 Å². The average molecular weight is 608 g/mol. The summed E-state index contributed by atoms with van der Waals surface area (Å²) in [5, 5.41) is 0. The summed E-state index contributed by atoms with van der Waals surface area (Å²) in [5.41, 5.74) is 5.10. The summed E-state index contributed by atoms with van der Waals surface area (Å²) in [5.74, 6) is -0.344. The number of nitrogens with zero attached hydrogens (tertiary/aromatic N) is 4. The molecule has 11 heteroatoms. The van der Waals surface area contributed by atoms with Crippen LogP contribution >= 0.6 is 12.4 Å². The molecule has 1 atom stereocenters. The molecule has 0 saturated heterocycles. The van der Waals surface area contributed by atoms with E-state index < -0.39 is 16.1 Å². The molecule has 2 aromatic heterocycles. The quantitative estimate of drug-likeness (QED) is 0.302. The van der Waals surface area contributed by atoms with Gasteiger partial charge in [-0.05, 0) is 60.2 Å². The van der Waals surface area contributed by atoms with Crippen LogP contribution in [0.2, 0.25) is 0 Å². The highest BCUT2D eigenvalue weighted by Crippen LogP contribution is 2.32. The van der Waals surface area contributed by atoms with Gasteiger partial charge in [0.2, 0.25) is 11.8 Å². The van der Waals surface area contributed by atoms with Gasteiger partial charge in [0.15, 0.2) is 6.10 Å². The fraction of sp³-hybridized carbons (Fsp3) is 0.290. The summed E-state index contributed by atoms with van der Waals surface area (Å²) in [6.45, 7) is 10.4. The molecule has 2 aromatic carbocycles. The second-order valence-corrected chi connectivity index (χ2v) is 13.0. The van der Waals surface area contributed by atoms with Crippen molar-refractivity contribution in [3.05, 3.63) is 94.8 Å². The largest absolute Gasteiger partial charge is 0.466 e. The van der Waals surface area contributed by atoms with Gasteiger partial charge in [-0.25, -0.2) is 18.1 Å². The number of ether oxygens (including phenoxy) is 1. The minimum atomic E-state index is -4.12. The number of aryl methyl sites for hydroxylation is 2. The highest BCUT2D eigenvalue weighted by atomic mass is 35.5. The minimum Gasteiger partial charge on any atom is -0.466 e. The van der Waals surface area contributed by atoms with Gasteiger partial charge in [-0.1, -0.05) is 51.1 Å². The van der Waals surface area contributed by atoms with Crippen molar-refractivity contribution < 1.29 is 17.9 Å². The smallest absolute Gasteiger partial charge is 0.264 e. The van der Waals surface area contributed by atoms with E-state index in [1.807, 2.05) is 50.4 Å². The van der Waals surface area contributed by atoms with E-state index in [0.29, 0.717) is 11.4 Å². The van der Waals surface area contributed by atoms with Gasteiger partial charge in [0.1, 0.15) is 0 Å². The molecule has 0 spiro atoms. The number of pyridine rings is 1. The lowest BCUT2D eigenvalue weighted by Gasteiger charge is -2.26. The Hall–Kier alpha value is -4.02. The second kappa shape index (κ2) is 11.7. The van der Waals surface area contributed by atoms with E-state index in [1.165, 1.54) is 23.1 Å². The number of carbonyl (C=O) groups excluding carboxylic acids is 1. The lowest BCUT2D eigenvalue weighted by atomic mass is 9.88. The number of anilines is 1. The van der Waals surface area contributed by atoms with E-state index in [1.54, 1.807) is 19.2 Å². The van der Waals surface area contributed by atoms with E-state index in [2.05, 4.69) is 35.5 Å². The minimum absolute atomic E-state index is 0. The predicted octanol–water partition coefficient (Wildman–Crippen LogP) is 5.88. The zero-order valence-electron chi connectivity index (χ0n) is 24.4. The van der Waals surface area contributed by atoms with Crippen molar-refractivity contribution in [1.29, 1.82) is 0 Å². The number of rotatable bonds is 2. The third-order valence-electron chi connectivity index (χ3n) is 7.09. The molecule has 5 rings (SSSR count). The van der Waals surface area contributed by atoms with Crippen molar-refractivity contribution in [2.45, 2.75) is 51.0 Å². The first-order valence-electron chi connectivity index (χ1n) is 13.3. The number of amides is 1. The van der Waals surface area contributed by atoms with Crippen LogP contribution < -0.4 is 9.46 Å². The summed E-state index contributed by atoms with van der Waals surface area (Å²) in [7, 11) is -2.47. The number of hydrogen-bond acceptors (Lipinski definition) is 7. The fourth-order valence-corrected chi connectivity index (χ4v) is 5.77. The number of halogens is 1. The molecular formula is C31H34ClN5O4S. The van der Waals surface area contributed by atoms with Crippen molar-refractivity contribution in [3.8, 4) is 17.1 Å². The summed E-state index contributed by atoms with van der Waals surface area (Å²) in [6, 6.07) is 17.4. The van der Waals surface area contributed by atoms with E-state index in [-0.39, 0.29) is 52.6 Å². The summed E-state index contributed by atoms with van der Waals surface area (Å²) < 4.78 is 35.7. The van der Waals surface area contributed by atoms with Crippen molar-refractivity contribution >= 4 is 34.3 Å². The van der Waals surface area contributed by atoms with Crippen molar-refractivity contribution in [1.82, 2.24) is 19.9 Å². The van der Waals surface area contributed by atoms with Crippen molar-refractivity contribution in [2.75, 3.05) is 18.3 Å². The number of carbonyl (C=O) groups is 1. The van der Waals surface area contributed by atoms with Gasteiger partial charge in [0.05, 0.1) is 22.8 Å². The molecule has 42 heavy (non-hydrogen) atoms. The van der Waals surface area contributed by atoms with Gasteiger partial charge < -0.3 is 9.64 Å². The molecule has 220 valence electrons. The van der Waals surface area contributed by atoms with E-state index in [0.717, 1.165) is 22.3 Å². The number of fused-ring (bicyclic) bond motifs is 4. The molecule has 4 aromatic rings. The zero-order valence-corrected chi connectivity index (χ0v) is 26.0. The van der Waals surface area contributed by atoms with Crippen LogP contribution in [0.5, 0.6) is 5.88 Å². The predicted molar refractivity (Wildman–Crippen MR) is 165 cm³/mol. The molecule has 1 aliphatic rings. The number of sulfonamides is 1. The van der Waals surface area contributed by atoms with Crippen LogP contribution in [0.15, 0.2) is 71.8 Å². The maximum absolute atomic E-state index is 13.4. The third-order valence-corrected chi connectivity index (χ3v) is 8.41. The normalized spacial score (nSPS) is 16.6. The fourth-order valence-electron chi connectivity index (χ4n) is 4.78. The SMILES string of the molecule is Cc1cccc(C)c1-c1cc2nc(n1)NS(=O)(=O)c1cccc(c1)C(=O)N(C)CC(c1ccc(C(C)(C)C)cn1)O2.Cl. The van der Waals surface area contributed by atoms with Crippen LogP contribution in [0.25, 0.3) is 11.3 Å². The first kappa shape index (κ1) is 30.9. The molecule has 1 amide bonds. The van der Waals surface area contributed by atoms with Gasteiger partial charge in [0, 0.05) is 30.4 Å². The van der Waals surface area contributed by atoms with Crippen LogP contribution in [0.3, 0.4) is 0 Å². The van der Waals surface area contributed by atoms with Crippen LogP contribution in [0, 0.1) is 13.8 Å². The Labute approximate surface area is 252 Å². The van der Waals surface area contributed by atoms with E-state index >= 15 is 0 Å². The van der Waals surface area contributed by atoms with Gasteiger partial charge >= 0.3 is 0 Å². The van der Waals surface area contributed by atoms with E-state index in [9.17, 15) is 13.2 Å². The molecule has 3 heterocycles. The first-order valence-corrected chi connectivity index (χ1v) is 14.8. The lowest BCUT2D eigenvalue weighted by Crippen LogP contribution is -2.33. The molecule has 0 radical (unpaired) electrons. The molecule has 4 bridgehead atoms. The Kier molecular flexibility index (Phi) is 8.61. The van der Waals surface area contributed by atoms with Gasteiger partial charge in [0.25, 0.3) is 15.9 Å². The Bertz CT molecular complexity index is 1720. The summed E-state index contributed by atoms with van der Waals surface area (Å²) in [6.07, 6.45) is 1.11. The standard InChI is InChI=1S/C31H33N5O4S.ClH/c1-19-9-7-10-20(2)28(19)25-16-27-34-30(33-25)35-41(38,39)23-12-8-11-21(15-23)29(37)36(6)18-26(40-27)24-14-13-22(17-32-24)31(3,4)5;/h7-17,26H,18H2,1-6H3,(H,33,34,35);1H. The van der Waals surface area contributed by atoms with Gasteiger partial charge in [-0.15, -0.1) is 12.4 Å². The molecule has 0 fully saturated rings. The number of aromatic nitrogens is 3. The van der Waals surface area contributed by atoms with E-state index in [4.69, 9.17) is 9.72 Å². The number of benzene rings is 2. The van der Waals surface area contributed by atoms with Crippen molar-refractivity contribution in [3.63, 3.8) is 0 Å².